The van der Waals surface area contributed by atoms with Gasteiger partial charge in [0, 0.05) is 16.9 Å². The van der Waals surface area contributed by atoms with Gasteiger partial charge in [0.05, 0.1) is 0 Å². The van der Waals surface area contributed by atoms with E-state index >= 15 is 0 Å². The van der Waals surface area contributed by atoms with Crippen LogP contribution in [0.4, 0.5) is 0 Å². The molecule has 2 nitrogen and oxygen atoms in total. The number of hydrogen-bond acceptors (Lipinski definition) is 1. The van der Waals surface area contributed by atoms with Crippen LogP contribution in [-0.4, -0.2) is 12.5 Å². The lowest BCUT2D eigenvalue weighted by molar-refractivity contribution is -0.126. The normalized spacial score (nSPS) is 21.1. The van der Waals surface area contributed by atoms with E-state index in [2.05, 4.69) is 33.4 Å². The van der Waals surface area contributed by atoms with Crippen molar-refractivity contribution in [2.45, 2.75) is 19.3 Å². The van der Waals surface area contributed by atoms with Crippen LogP contribution in [0.3, 0.4) is 0 Å². The van der Waals surface area contributed by atoms with E-state index in [-0.39, 0.29) is 11.8 Å². The lowest BCUT2D eigenvalue weighted by atomic mass is 9.92. The second-order valence-electron chi connectivity index (χ2n) is 3.96. The molecule has 0 spiro atoms. The van der Waals surface area contributed by atoms with E-state index in [0.29, 0.717) is 0 Å². The number of carbonyl (C=O) groups is 1. The average Bonchev–Trinajstić information content (AvgIpc) is 2.22. The first-order valence-electron chi connectivity index (χ1n) is 5.28. The van der Waals surface area contributed by atoms with Crippen LogP contribution in [0.2, 0.25) is 0 Å². The van der Waals surface area contributed by atoms with Gasteiger partial charge < -0.3 is 5.32 Å². The largest absolute Gasteiger partial charge is 0.356 e. The predicted molar refractivity (Wildman–Crippen MR) is 63.6 cm³/mol. The van der Waals surface area contributed by atoms with Crippen LogP contribution in [0.25, 0.3) is 0 Å². The van der Waals surface area contributed by atoms with Gasteiger partial charge in [-0.05, 0) is 37.0 Å². The Morgan fingerprint density at radius 2 is 2.33 bits per heavy atom. The third kappa shape index (κ3) is 2.81. The first kappa shape index (κ1) is 10.7. The first-order valence-corrected chi connectivity index (χ1v) is 6.07. The van der Waals surface area contributed by atoms with Crippen molar-refractivity contribution in [2.24, 2.45) is 5.92 Å². The Labute approximate surface area is 98.2 Å². The van der Waals surface area contributed by atoms with E-state index in [1.165, 1.54) is 5.56 Å². The van der Waals surface area contributed by atoms with Crippen LogP contribution in [0.5, 0.6) is 0 Å². The molecule has 0 saturated carbocycles. The van der Waals surface area contributed by atoms with Crippen LogP contribution in [-0.2, 0) is 11.2 Å². The summed E-state index contributed by atoms with van der Waals surface area (Å²) >= 11 is 3.44. The van der Waals surface area contributed by atoms with Crippen LogP contribution in [0, 0.1) is 5.92 Å². The van der Waals surface area contributed by atoms with Gasteiger partial charge in [0.2, 0.25) is 5.91 Å². The summed E-state index contributed by atoms with van der Waals surface area (Å²) in [6.07, 6.45) is 2.97. The summed E-state index contributed by atoms with van der Waals surface area (Å²) < 4.78 is 1.08. The van der Waals surface area contributed by atoms with Gasteiger partial charge in [0.25, 0.3) is 0 Å². The van der Waals surface area contributed by atoms with Crippen molar-refractivity contribution in [3.8, 4) is 0 Å². The molecule has 80 valence electrons. The molecule has 1 heterocycles. The topological polar surface area (TPSA) is 29.1 Å². The van der Waals surface area contributed by atoms with Gasteiger partial charge >= 0.3 is 0 Å². The summed E-state index contributed by atoms with van der Waals surface area (Å²) in [7, 11) is 0. The quantitative estimate of drug-likeness (QED) is 0.877. The molecule has 1 atom stereocenters. The first-order chi connectivity index (χ1) is 7.25. The van der Waals surface area contributed by atoms with E-state index in [0.717, 1.165) is 30.3 Å². The highest BCUT2D eigenvalue weighted by molar-refractivity contribution is 9.10. The second kappa shape index (κ2) is 4.79. The molecule has 0 radical (unpaired) electrons. The van der Waals surface area contributed by atoms with E-state index in [4.69, 9.17) is 0 Å². The molecule has 1 N–H and O–H groups in total. The molecule has 15 heavy (non-hydrogen) atoms. The highest BCUT2D eigenvalue weighted by Crippen LogP contribution is 2.19. The lowest BCUT2D eigenvalue weighted by Crippen LogP contribution is -2.37. The number of hydrogen-bond donors (Lipinski definition) is 1. The fraction of sp³-hybridized carbons (Fsp3) is 0.417. The number of halogens is 1. The molecular formula is C12H14BrNO. The Morgan fingerprint density at radius 3 is 3.07 bits per heavy atom. The molecule has 3 heteroatoms. The van der Waals surface area contributed by atoms with Crippen molar-refractivity contribution in [3.63, 3.8) is 0 Å². The number of amides is 1. The second-order valence-corrected chi connectivity index (χ2v) is 4.88. The molecule has 1 aromatic rings. The summed E-state index contributed by atoms with van der Waals surface area (Å²) in [6, 6.07) is 8.18. The summed E-state index contributed by atoms with van der Waals surface area (Å²) in [6.45, 7) is 0.841. The van der Waals surface area contributed by atoms with E-state index in [1.54, 1.807) is 0 Å². The van der Waals surface area contributed by atoms with Gasteiger partial charge in [-0.25, -0.2) is 0 Å². The number of benzene rings is 1. The predicted octanol–water partition coefficient (Wildman–Crippen LogP) is 2.52. The Kier molecular flexibility index (Phi) is 3.41. The van der Waals surface area contributed by atoms with Crippen molar-refractivity contribution in [3.05, 3.63) is 34.3 Å². The van der Waals surface area contributed by atoms with Gasteiger partial charge in [-0.3, -0.25) is 4.79 Å². The summed E-state index contributed by atoms with van der Waals surface area (Å²) in [5.74, 6) is 0.370. The third-order valence-corrected chi connectivity index (χ3v) is 3.26. The van der Waals surface area contributed by atoms with Gasteiger partial charge in [-0.15, -0.1) is 0 Å². The number of carbonyl (C=O) groups excluding carboxylic acids is 1. The third-order valence-electron chi connectivity index (χ3n) is 2.77. The number of nitrogens with one attached hydrogen (secondary N) is 1. The molecule has 1 unspecified atom stereocenters. The molecule has 0 aromatic heterocycles. The van der Waals surface area contributed by atoms with Crippen LogP contribution < -0.4 is 5.32 Å². The van der Waals surface area contributed by atoms with Gasteiger partial charge in [-0.2, -0.15) is 0 Å². The maximum Gasteiger partial charge on any atom is 0.223 e. The SMILES string of the molecule is O=C1NCCCC1Cc1cccc(Br)c1. The molecule has 1 amide bonds. The van der Waals surface area contributed by atoms with Crippen LogP contribution in [0.15, 0.2) is 28.7 Å². The highest BCUT2D eigenvalue weighted by atomic mass is 79.9. The van der Waals surface area contributed by atoms with Gasteiger partial charge in [0.1, 0.15) is 0 Å². The Balaban J connectivity index is 2.04. The van der Waals surface area contributed by atoms with Crippen molar-refractivity contribution in [1.29, 1.82) is 0 Å². The van der Waals surface area contributed by atoms with Crippen molar-refractivity contribution in [1.82, 2.24) is 5.32 Å². The standard InChI is InChI=1S/C12H14BrNO/c13-11-5-1-3-9(8-11)7-10-4-2-6-14-12(10)15/h1,3,5,8,10H,2,4,6-7H2,(H,14,15). The highest BCUT2D eigenvalue weighted by Gasteiger charge is 2.21. The molecule has 1 aromatic carbocycles. The minimum absolute atomic E-state index is 0.160. The van der Waals surface area contributed by atoms with Gasteiger partial charge in [0.15, 0.2) is 0 Å². The van der Waals surface area contributed by atoms with Crippen LogP contribution >= 0.6 is 15.9 Å². The van der Waals surface area contributed by atoms with E-state index < -0.39 is 0 Å². The van der Waals surface area contributed by atoms with Crippen molar-refractivity contribution in [2.75, 3.05) is 6.54 Å². The van der Waals surface area contributed by atoms with Crippen LogP contribution in [0.1, 0.15) is 18.4 Å². The number of piperidine rings is 1. The zero-order valence-corrected chi connectivity index (χ0v) is 10.1. The fourth-order valence-corrected chi connectivity index (χ4v) is 2.43. The minimum Gasteiger partial charge on any atom is -0.356 e. The molecule has 0 aliphatic carbocycles. The summed E-state index contributed by atoms with van der Waals surface area (Å²) in [5, 5.41) is 2.92. The Morgan fingerprint density at radius 1 is 1.47 bits per heavy atom. The lowest BCUT2D eigenvalue weighted by Gasteiger charge is -2.21. The van der Waals surface area contributed by atoms with Gasteiger partial charge in [-0.1, -0.05) is 28.1 Å². The van der Waals surface area contributed by atoms with E-state index in [1.807, 2.05) is 12.1 Å². The van der Waals surface area contributed by atoms with Crippen molar-refractivity contribution < 1.29 is 4.79 Å². The summed E-state index contributed by atoms with van der Waals surface area (Å²) in [5.41, 5.74) is 1.23. The zero-order chi connectivity index (χ0) is 10.7. The molecule has 0 bridgehead atoms. The summed E-state index contributed by atoms with van der Waals surface area (Å²) in [4.78, 5) is 11.6. The molecule has 1 fully saturated rings. The monoisotopic (exact) mass is 267 g/mol. The smallest absolute Gasteiger partial charge is 0.223 e. The molecule has 1 saturated heterocycles. The average molecular weight is 268 g/mol. The molecular weight excluding hydrogens is 254 g/mol. The van der Waals surface area contributed by atoms with E-state index in [9.17, 15) is 4.79 Å². The van der Waals surface area contributed by atoms with Crippen molar-refractivity contribution >= 4 is 21.8 Å². The molecule has 1 aliphatic heterocycles. The number of rotatable bonds is 2. The zero-order valence-electron chi connectivity index (χ0n) is 8.50. The Hall–Kier alpha value is -0.830. The fourth-order valence-electron chi connectivity index (χ4n) is 1.98. The minimum atomic E-state index is 0.160. The Bertz CT molecular complexity index is 364. The molecule has 1 aliphatic rings. The maximum atomic E-state index is 11.6. The maximum absolute atomic E-state index is 11.6. The molecule has 2 rings (SSSR count).